The molecule has 0 radical (unpaired) electrons. The average molecular weight is 281 g/mol. The fourth-order valence-electron chi connectivity index (χ4n) is 2.50. The second-order valence-electron chi connectivity index (χ2n) is 5.64. The number of amides is 1. The number of carbonyl (C=O) groups is 1. The minimum Gasteiger partial charge on any atom is -0.390 e. The summed E-state index contributed by atoms with van der Waals surface area (Å²) in [6.45, 7) is 6.61. The van der Waals surface area contributed by atoms with Gasteiger partial charge >= 0.3 is 0 Å². The van der Waals surface area contributed by atoms with Crippen molar-refractivity contribution in [3.63, 3.8) is 0 Å². The molecule has 1 aliphatic carbocycles. The van der Waals surface area contributed by atoms with Gasteiger partial charge in [-0.1, -0.05) is 13.8 Å². The maximum Gasteiger partial charge on any atom is 0.269 e. The van der Waals surface area contributed by atoms with Gasteiger partial charge in [0.05, 0.1) is 17.8 Å². The highest BCUT2D eigenvalue weighted by Gasteiger charge is 2.34. The van der Waals surface area contributed by atoms with Crippen LogP contribution in [0.2, 0.25) is 0 Å². The van der Waals surface area contributed by atoms with Gasteiger partial charge < -0.3 is 15.5 Å². The number of nitrogens with zero attached hydrogens (tertiary/aromatic N) is 2. The molecule has 3 N–H and O–H groups in total. The summed E-state index contributed by atoms with van der Waals surface area (Å²) < 4.78 is 1.67. The quantitative estimate of drug-likeness (QED) is 0.756. The summed E-state index contributed by atoms with van der Waals surface area (Å²) in [6, 6.07) is 1.40. The highest BCUT2D eigenvalue weighted by atomic mass is 16.3. The number of nitrogens with one attached hydrogen (secondary N) is 1. The van der Waals surface area contributed by atoms with Crippen LogP contribution in [0.25, 0.3) is 0 Å². The third-order valence-electron chi connectivity index (χ3n) is 3.82. The molecule has 0 aliphatic heterocycles. The highest BCUT2D eigenvalue weighted by molar-refractivity contribution is 5.93. The van der Waals surface area contributed by atoms with Gasteiger partial charge in [-0.2, -0.15) is 5.10 Å². The van der Waals surface area contributed by atoms with Crippen LogP contribution >= 0.6 is 0 Å². The minimum absolute atomic E-state index is 0.246. The Morgan fingerprint density at radius 3 is 2.70 bits per heavy atom. The van der Waals surface area contributed by atoms with Gasteiger partial charge in [0.1, 0.15) is 11.8 Å². The Morgan fingerprint density at radius 2 is 2.20 bits per heavy atom. The fraction of sp³-hybridized carbons (Fsp3) is 0.714. The molecular weight excluding hydrogens is 258 g/mol. The molecule has 0 bridgehead atoms. The second kappa shape index (κ2) is 5.93. The van der Waals surface area contributed by atoms with Crippen LogP contribution in [0, 0.1) is 0 Å². The van der Waals surface area contributed by atoms with E-state index in [0.29, 0.717) is 25.1 Å². The number of aliphatic hydroxyl groups is 2. The van der Waals surface area contributed by atoms with Crippen molar-refractivity contribution < 1.29 is 15.0 Å². The Morgan fingerprint density at radius 1 is 1.50 bits per heavy atom. The molecule has 1 heterocycles. The lowest BCUT2D eigenvalue weighted by Gasteiger charge is -2.18. The van der Waals surface area contributed by atoms with Crippen molar-refractivity contribution in [2.75, 3.05) is 0 Å². The van der Waals surface area contributed by atoms with Gasteiger partial charge in [-0.15, -0.1) is 0 Å². The molecule has 1 aromatic rings. The molecule has 1 amide bonds. The monoisotopic (exact) mass is 281 g/mol. The van der Waals surface area contributed by atoms with Crippen molar-refractivity contribution in [1.29, 1.82) is 0 Å². The predicted octanol–water partition coefficient (Wildman–Crippen LogP) is 0.640. The van der Waals surface area contributed by atoms with E-state index in [4.69, 9.17) is 0 Å². The average Bonchev–Trinajstić information content (AvgIpc) is 2.97. The van der Waals surface area contributed by atoms with E-state index in [1.165, 1.54) is 0 Å². The van der Waals surface area contributed by atoms with Gasteiger partial charge in [0.25, 0.3) is 5.91 Å². The van der Waals surface area contributed by atoms with Crippen LogP contribution in [0.15, 0.2) is 6.07 Å². The van der Waals surface area contributed by atoms with Crippen LogP contribution in [0.3, 0.4) is 0 Å². The molecular formula is C14H23N3O3. The van der Waals surface area contributed by atoms with Crippen LogP contribution in [-0.4, -0.2) is 44.2 Å². The van der Waals surface area contributed by atoms with E-state index in [9.17, 15) is 15.0 Å². The summed E-state index contributed by atoms with van der Waals surface area (Å²) in [5, 5.41) is 26.5. The molecule has 1 aromatic heterocycles. The molecule has 6 nitrogen and oxygen atoms in total. The third kappa shape index (κ3) is 2.86. The summed E-state index contributed by atoms with van der Waals surface area (Å²) in [4.78, 5) is 12.3. The molecule has 112 valence electrons. The normalized spacial score (nSPS) is 26.2. The van der Waals surface area contributed by atoms with Crippen molar-refractivity contribution in [2.45, 2.75) is 64.3 Å². The summed E-state index contributed by atoms with van der Waals surface area (Å²) in [6.07, 6.45) is -0.536. The predicted molar refractivity (Wildman–Crippen MR) is 74.5 cm³/mol. The second-order valence-corrected chi connectivity index (χ2v) is 5.64. The number of aromatic nitrogens is 2. The topological polar surface area (TPSA) is 87.4 Å². The number of hydrogen-bond acceptors (Lipinski definition) is 4. The summed E-state index contributed by atoms with van der Waals surface area (Å²) in [7, 11) is 0. The first kappa shape index (κ1) is 15.0. The zero-order valence-electron chi connectivity index (χ0n) is 12.2. The Kier molecular flexibility index (Phi) is 4.45. The van der Waals surface area contributed by atoms with E-state index >= 15 is 0 Å². The summed E-state index contributed by atoms with van der Waals surface area (Å²) in [5.41, 5.74) is 1.38. The third-order valence-corrected chi connectivity index (χ3v) is 3.82. The molecule has 1 aliphatic rings. The molecule has 0 aromatic carbocycles. The van der Waals surface area contributed by atoms with Crippen molar-refractivity contribution in [3.8, 4) is 0 Å². The van der Waals surface area contributed by atoms with Crippen LogP contribution in [0.5, 0.6) is 0 Å². The Hall–Kier alpha value is -1.40. The molecule has 3 atom stereocenters. The van der Waals surface area contributed by atoms with E-state index in [1.54, 1.807) is 10.7 Å². The van der Waals surface area contributed by atoms with Crippen LogP contribution in [0.4, 0.5) is 0 Å². The molecule has 0 spiro atoms. The van der Waals surface area contributed by atoms with E-state index in [0.717, 1.165) is 5.69 Å². The first-order valence-corrected chi connectivity index (χ1v) is 7.18. The number of aliphatic hydroxyl groups excluding tert-OH is 2. The van der Waals surface area contributed by atoms with Crippen molar-refractivity contribution in [2.24, 2.45) is 0 Å². The van der Waals surface area contributed by atoms with Gasteiger partial charge in [-0.25, -0.2) is 0 Å². The van der Waals surface area contributed by atoms with E-state index < -0.39 is 12.2 Å². The number of carbonyl (C=O) groups excluding carboxylic acids is 1. The highest BCUT2D eigenvalue weighted by Crippen LogP contribution is 2.21. The van der Waals surface area contributed by atoms with Crippen LogP contribution in [-0.2, 0) is 6.54 Å². The summed E-state index contributed by atoms with van der Waals surface area (Å²) in [5.74, 6) is 0.0117. The number of rotatable bonds is 4. The maximum atomic E-state index is 12.3. The lowest BCUT2D eigenvalue weighted by Crippen LogP contribution is -2.43. The molecule has 0 saturated heterocycles. The lowest BCUT2D eigenvalue weighted by molar-refractivity contribution is 0.0295. The van der Waals surface area contributed by atoms with E-state index in [-0.39, 0.29) is 17.9 Å². The SMILES string of the molecule is CCn1nc(C(C)C)cc1C(=O)N[C@@H]1CC[C@@H](O)[C@@H]1O. The van der Waals surface area contributed by atoms with E-state index in [2.05, 4.69) is 10.4 Å². The van der Waals surface area contributed by atoms with Crippen molar-refractivity contribution >= 4 is 5.91 Å². The summed E-state index contributed by atoms with van der Waals surface area (Å²) >= 11 is 0. The van der Waals surface area contributed by atoms with Crippen LogP contribution in [0.1, 0.15) is 55.7 Å². The maximum absolute atomic E-state index is 12.3. The van der Waals surface area contributed by atoms with Gasteiger partial charge in [-0.05, 0) is 31.7 Å². The molecule has 20 heavy (non-hydrogen) atoms. The first-order valence-electron chi connectivity index (χ1n) is 7.18. The van der Waals surface area contributed by atoms with E-state index in [1.807, 2.05) is 20.8 Å². The Labute approximate surface area is 118 Å². The van der Waals surface area contributed by atoms with Gasteiger partial charge in [-0.3, -0.25) is 9.48 Å². The Balaban J connectivity index is 2.13. The molecule has 1 fully saturated rings. The largest absolute Gasteiger partial charge is 0.390 e. The van der Waals surface area contributed by atoms with Gasteiger partial charge in [0.15, 0.2) is 0 Å². The zero-order chi connectivity index (χ0) is 14.9. The van der Waals surface area contributed by atoms with Gasteiger partial charge in [0, 0.05) is 6.54 Å². The number of aryl methyl sites for hydroxylation is 1. The molecule has 2 rings (SSSR count). The smallest absolute Gasteiger partial charge is 0.269 e. The Bertz CT molecular complexity index is 484. The lowest BCUT2D eigenvalue weighted by atomic mass is 10.1. The molecule has 1 saturated carbocycles. The number of hydrogen-bond donors (Lipinski definition) is 3. The van der Waals surface area contributed by atoms with Crippen molar-refractivity contribution in [3.05, 3.63) is 17.5 Å². The van der Waals surface area contributed by atoms with Crippen molar-refractivity contribution in [1.82, 2.24) is 15.1 Å². The molecule has 0 unspecified atom stereocenters. The van der Waals surface area contributed by atoms with Gasteiger partial charge in [0.2, 0.25) is 0 Å². The zero-order valence-corrected chi connectivity index (χ0v) is 12.2. The first-order chi connectivity index (χ1) is 9.43. The minimum atomic E-state index is -0.887. The molecule has 6 heteroatoms. The van der Waals surface area contributed by atoms with Crippen LogP contribution < -0.4 is 5.32 Å². The standard InChI is InChI=1S/C14H23N3O3/c1-4-17-11(7-10(16-17)8(2)3)14(20)15-9-5-6-12(18)13(9)19/h7-9,12-13,18-19H,4-6H2,1-3H3,(H,15,20)/t9-,12-,13-/m1/s1. The fourth-order valence-corrected chi connectivity index (χ4v) is 2.50.